The van der Waals surface area contributed by atoms with Crippen LogP contribution in [0.15, 0.2) is 24.3 Å². The van der Waals surface area contributed by atoms with Crippen molar-refractivity contribution in [3.8, 4) is 0 Å². The molecular weight excluding hydrogens is 416 g/mol. The molecule has 0 saturated carbocycles. The Bertz CT molecular complexity index is 661. The topological polar surface area (TPSA) is 52.6 Å². The predicted molar refractivity (Wildman–Crippen MR) is 134 cm³/mol. The summed E-state index contributed by atoms with van der Waals surface area (Å²) in [5, 5.41) is 0. The van der Waals surface area contributed by atoms with Crippen LogP contribution in [0.1, 0.15) is 76.8 Å². The number of unbranched alkanes of at least 4 members (excludes halogenated alkanes) is 2. The molecule has 0 unspecified atom stereocenters. The van der Waals surface area contributed by atoms with E-state index in [4.69, 9.17) is 9.47 Å². The van der Waals surface area contributed by atoms with Gasteiger partial charge in [0.25, 0.3) is 0 Å². The van der Waals surface area contributed by atoms with Gasteiger partial charge in [0.1, 0.15) is 0 Å². The van der Waals surface area contributed by atoms with Crippen molar-refractivity contribution >= 4 is 20.0 Å². The van der Waals surface area contributed by atoms with Crippen LogP contribution in [-0.2, 0) is 31.9 Å². The molecule has 2 rings (SSSR count). The minimum atomic E-state index is -0.928. The van der Waals surface area contributed by atoms with E-state index in [9.17, 15) is 9.59 Å². The smallest absolute Gasteiger partial charge is 0.320 e. The second-order valence-corrected chi connectivity index (χ2v) is 14.4. The van der Waals surface area contributed by atoms with E-state index >= 15 is 0 Å². The van der Waals surface area contributed by atoms with Gasteiger partial charge in [-0.05, 0) is 50.7 Å². The maximum absolute atomic E-state index is 12.1. The maximum Gasteiger partial charge on any atom is 0.320 e. The molecular formula is C27H44O4Si. The quantitative estimate of drug-likeness (QED) is 0.126. The van der Waals surface area contributed by atoms with Gasteiger partial charge in [0, 0.05) is 0 Å². The Kier molecular flexibility index (Phi) is 12.1. The van der Waals surface area contributed by atoms with Crippen LogP contribution in [0.3, 0.4) is 0 Å². The molecule has 180 valence electrons. The molecule has 0 atom stereocenters. The molecule has 4 nitrogen and oxygen atoms in total. The Morgan fingerprint density at radius 3 is 1.88 bits per heavy atom. The third-order valence-corrected chi connectivity index (χ3v) is 12.7. The molecule has 0 aliphatic carbocycles. The minimum Gasteiger partial charge on any atom is -0.465 e. The summed E-state index contributed by atoms with van der Waals surface area (Å²) in [7, 11) is -0.928. The molecule has 1 aromatic rings. The highest BCUT2D eigenvalue weighted by Gasteiger charge is 2.34. The maximum atomic E-state index is 12.1. The van der Waals surface area contributed by atoms with Gasteiger partial charge < -0.3 is 9.47 Å². The number of ether oxygens (including phenoxy) is 2. The monoisotopic (exact) mass is 460 g/mol. The highest BCUT2D eigenvalue weighted by atomic mass is 28.3. The standard InChI is InChI=1S/C27H44O4Si/c1-4-7-19-32(21-10-11-22-32)20-9-8-12-23-13-15-24(16-14-23)17-18-25(26(28)30-5-2)27(29)31-6-3/h13-16,25H,4-12,17-22H2,1-3H3. The summed E-state index contributed by atoms with van der Waals surface area (Å²) in [5.41, 5.74) is 2.53. The molecule has 0 N–H and O–H groups in total. The lowest BCUT2D eigenvalue weighted by atomic mass is 9.98. The van der Waals surface area contributed by atoms with Crippen molar-refractivity contribution in [2.75, 3.05) is 13.2 Å². The number of esters is 2. The zero-order chi connectivity index (χ0) is 23.2. The Balaban J connectivity index is 1.78. The summed E-state index contributed by atoms with van der Waals surface area (Å²) in [6.45, 7) is 6.37. The van der Waals surface area contributed by atoms with Crippen molar-refractivity contribution in [3.05, 3.63) is 35.4 Å². The number of carbonyl (C=O) groups is 2. The Morgan fingerprint density at radius 1 is 0.812 bits per heavy atom. The van der Waals surface area contributed by atoms with Crippen molar-refractivity contribution in [1.29, 1.82) is 0 Å². The second kappa shape index (κ2) is 14.5. The average molecular weight is 461 g/mol. The Hall–Kier alpha value is -1.62. The fourth-order valence-electron chi connectivity index (χ4n) is 5.13. The summed E-state index contributed by atoms with van der Waals surface area (Å²) in [5.74, 6) is -1.80. The minimum absolute atomic E-state index is 0.269. The van der Waals surface area contributed by atoms with Gasteiger partial charge in [-0.15, -0.1) is 0 Å². The molecule has 1 fully saturated rings. The lowest BCUT2D eigenvalue weighted by molar-refractivity contribution is -0.161. The first-order valence-corrected chi connectivity index (χ1v) is 15.8. The number of benzene rings is 1. The van der Waals surface area contributed by atoms with Crippen molar-refractivity contribution in [3.63, 3.8) is 0 Å². The fraction of sp³-hybridized carbons (Fsp3) is 0.704. The number of rotatable bonds is 15. The van der Waals surface area contributed by atoms with Gasteiger partial charge >= 0.3 is 11.9 Å². The summed E-state index contributed by atoms with van der Waals surface area (Å²) >= 11 is 0. The van der Waals surface area contributed by atoms with Crippen molar-refractivity contribution < 1.29 is 19.1 Å². The fourth-order valence-corrected chi connectivity index (χ4v) is 10.7. The van der Waals surface area contributed by atoms with Gasteiger partial charge in [0.15, 0.2) is 5.92 Å². The molecule has 0 spiro atoms. The van der Waals surface area contributed by atoms with E-state index in [0.29, 0.717) is 12.8 Å². The van der Waals surface area contributed by atoms with Gasteiger partial charge in [0.2, 0.25) is 0 Å². The molecule has 0 amide bonds. The van der Waals surface area contributed by atoms with E-state index < -0.39 is 25.9 Å². The normalized spacial score (nSPS) is 15.1. The first-order chi connectivity index (χ1) is 15.5. The van der Waals surface area contributed by atoms with Gasteiger partial charge in [-0.1, -0.05) is 87.5 Å². The number of hydrogen-bond donors (Lipinski definition) is 0. The van der Waals surface area contributed by atoms with Gasteiger partial charge in [-0.3, -0.25) is 9.59 Å². The first-order valence-electron chi connectivity index (χ1n) is 12.9. The predicted octanol–water partition coefficient (Wildman–Crippen LogP) is 6.73. The lowest BCUT2D eigenvalue weighted by Crippen LogP contribution is -2.29. The van der Waals surface area contributed by atoms with Crippen LogP contribution in [0, 0.1) is 5.92 Å². The van der Waals surface area contributed by atoms with Crippen LogP contribution in [0.5, 0.6) is 0 Å². The van der Waals surface area contributed by atoms with Crippen LogP contribution >= 0.6 is 0 Å². The third kappa shape index (κ3) is 8.72. The van der Waals surface area contributed by atoms with Crippen LogP contribution in [0.2, 0.25) is 24.2 Å². The van der Waals surface area contributed by atoms with Crippen molar-refractivity contribution in [2.45, 2.75) is 103 Å². The molecule has 0 radical (unpaired) electrons. The molecule has 1 saturated heterocycles. The molecule has 0 aromatic heterocycles. The zero-order valence-electron chi connectivity index (χ0n) is 20.6. The Labute approximate surface area is 196 Å². The Morgan fingerprint density at radius 2 is 1.34 bits per heavy atom. The van der Waals surface area contributed by atoms with E-state index in [1.54, 1.807) is 32.0 Å². The van der Waals surface area contributed by atoms with Crippen LogP contribution in [-0.4, -0.2) is 33.2 Å². The van der Waals surface area contributed by atoms with E-state index in [2.05, 4.69) is 31.2 Å². The van der Waals surface area contributed by atoms with Gasteiger partial charge in [-0.2, -0.15) is 0 Å². The summed E-state index contributed by atoms with van der Waals surface area (Å²) < 4.78 is 10.1. The third-order valence-electron chi connectivity index (χ3n) is 7.03. The molecule has 1 heterocycles. The summed E-state index contributed by atoms with van der Waals surface area (Å²) in [6.07, 6.45) is 10.7. The summed E-state index contributed by atoms with van der Waals surface area (Å²) in [4.78, 5) is 24.3. The van der Waals surface area contributed by atoms with Gasteiger partial charge in [0.05, 0.1) is 21.3 Å². The van der Waals surface area contributed by atoms with Crippen LogP contribution in [0.25, 0.3) is 0 Å². The SMILES string of the molecule is CCCC[Si]1(CCCCc2ccc(CCC(C(=O)OCC)C(=O)OCC)cc2)CCCC1. The van der Waals surface area contributed by atoms with Crippen LogP contribution in [0.4, 0.5) is 0 Å². The molecule has 5 heteroatoms. The molecule has 1 aliphatic rings. The van der Waals surface area contributed by atoms with Crippen molar-refractivity contribution in [2.24, 2.45) is 5.92 Å². The molecule has 1 aromatic carbocycles. The lowest BCUT2D eigenvalue weighted by Gasteiger charge is -2.26. The van der Waals surface area contributed by atoms with Crippen molar-refractivity contribution in [1.82, 2.24) is 0 Å². The zero-order valence-corrected chi connectivity index (χ0v) is 21.6. The van der Waals surface area contributed by atoms with E-state index in [1.807, 2.05) is 0 Å². The average Bonchev–Trinajstić information content (AvgIpc) is 3.26. The van der Waals surface area contributed by atoms with E-state index in [0.717, 1.165) is 12.0 Å². The number of hydrogen-bond acceptors (Lipinski definition) is 4. The number of aryl methyl sites for hydroxylation is 2. The van der Waals surface area contributed by atoms with Gasteiger partial charge in [-0.25, -0.2) is 0 Å². The highest BCUT2D eigenvalue weighted by Crippen LogP contribution is 2.39. The largest absolute Gasteiger partial charge is 0.465 e. The van der Waals surface area contributed by atoms with E-state index in [1.165, 1.54) is 50.1 Å². The first kappa shape index (κ1) is 26.6. The highest BCUT2D eigenvalue weighted by molar-refractivity contribution is 6.80. The van der Waals surface area contributed by atoms with E-state index in [-0.39, 0.29) is 13.2 Å². The molecule has 1 aliphatic heterocycles. The molecule has 32 heavy (non-hydrogen) atoms. The summed E-state index contributed by atoms with van der Waals surface area (Å²) in [6, 6.07) is 15.0. The van der Waals surface area contributed by atoms with Crippen LogP contribution < -0.4 is 0 Å². The second-order valence-electron chi connectivity index (χ2n) is 9.43. The number of carbonyl (C=O) groups excluding carboxylic acids is 2. The molecule has 0 bridgehead atoms.